The molecule has 0 unspecified atom stereocenters. The topological polar surface area (TPSA) is 96.5 Å². The number of anilines is 1. The highest BCUT2D eigenvalue weighted by atomic mass is 16.5. The molecule has 0 saturated carbocycles. The summed E-state index contributed by atoms with van der Waals surface area (Å²) in [7, 11) is 1.60. The third-order valence-electron chi connectivity index (χ3n) is 5.67. The first-order chi connectivity index (χ1) is 15.6. The number of rotatable bonds is 7. The Hall–Kier alpha value is -3.55. The van der Waals surface area contributed by atoms with E-state index >= 15 is 0 Å². The lowest BCUT2D eigenvalue weighted by Crippen LogP contribution is -2.44. The SMILES string of the molecule is CCOc1ccc(CNC(=O)[C@H]2CCCN(c3nc4ccccc4[nH]c3=O)C2)cc1OC. The van der Waals surface area contributed by atoms with Crippen molar-refractivity contribution in [2.75, 3.05) is 31.7 Å². The van der Waals surface area contributed by atoms with Gasteiger partial charge in [0.25, 0.3) is 5.56 Å². The van der Waals surface area contributed by atoms with Crippen LogP contribution in [0.2, 0.25) is 0 Å². The first kappa shape index (κ1) is 21.7. The van der Waals surface area contributed by atoms with Gasteiger partial charge in [-0.3, -0.25) is 9.59 Å². The number of para-hydroxylation sites is 2. The Balaban J connectivity index is 1.42. The van der Waals surface area contributed by atoms with Crippen LogP contribution in [0, 0.1) is 5.92 Å². The number of benzene rings is 2. The lowest BCUT2D eigenvalue weighted by molar-refractivity contribution is -0.125. The molecule has 2 aromatic carbocycles. The van der Waals surface area contributed by atoms with Crippen molar-refractivity contribution in [2.24, 2.45) is 5.92 Å². The third kappa shape index (κ3) is 4.69. The van der Waals surface area contributed by atoms with Gasteiger partial charge in [-0.1, -0.05) is 18.2 Å². The molecule has 168 valence electrons. The first-order valence-electron chi connectivity index (χ1n) is 10.9. The number of H-pyrrole nitrogens is 1. The van der Waals surface area contributed by atoms with Crippen LogP contribution in [0.25, 0.3) is 11.0 Å². The van der Waals surface area contributed by atoms with E-state index in [-0.39, 0.29) is 17.4 Å². The van der Waals surface area contributed by atoms with Gasteiger partial charge in [-0.05, 0) is 49.6 Å². The molecule has 4 rings (SSSR count). The Labute approximate surface area is 186 Å². The molecular formula is C24H28N4O4. The summed E-state index contributed by atoms with van der Waals surface area (Å²) in [4.78, 5) is 34.8. The molecule has 1 aliphatic rings. The van der Waals surface area contributed by atoms with Crippen LogP contribution < -0.4 is 25.2 Å². The molecule has 1 amide bonds. The first-order valence-corrected chi connectivity index (χ1v) is 10.9. The minimum atomic E-state index is -0.230. The summed E-state index contributed by atoms with van der Waals surface area (Å²) in [6.07, 6.45) is 1.60. The van der Waals surface area contributed by atoms with Crippen molar-refractivity contribution in [1.29, 1.82) is 0 Å². The third-order valence-corrected chi connectivity index (χ3v) is 5.67. The molecule has 8 nitrogen and oxygen atoms in total. The van der Waals surface area contributed by atoms with Crippen LogP contribution in [0.4, 0.5) is 5.82 Å². The van der Waals surface area contributed by atoms with Crippen molar-refractivity contribution in [1.82, 2.24) is 15.3 Å². The summed E-state index contributed by atoms with van der Waals surface area (Å²) in [5, 5.41) is 3.02. The van der Waals surface area contributed by atoms with Gasteiger partial charge in [-0.2, -0.15) is 0 Å². The van der Waals surface area contributed by atoms with E-state index in [0.717, 1.165) is 23.9 Å². The second-order valence-electron chi connectivity index (χ2n) is 7.83. The molecule has 1 fully saturated rings. The van der Waals surface area contributed by atoms with E-state index in [1.165, 1.54) is 0 Å². The predicted molar refractivity (Wildman–Crippen MR) is 123 cm³/mol. The second kappa shape index (κ2) is 9.72. The number of carbonyl (C=O) groups is 1. The number of aromatic nitrogens is 2. The molecule has 32 heavy (non-hydrogen) atoms. The number of ether oxygens (including phenoxy) is 2. The van der Waals surface area contributed by atoms with Gasteiger partial charge in [-0.25, -0.2) is 4.98 Å². The van der Waals surface area contributed by atoms with Crippen molar-refractivity contribution in [3.63, 3.8) is 0 Å². The van der Waals surface area contributed by atoms with Crippen molar-refractivity contribution in [3.8, 4) is 11.5 Å². The zero-order chi connectivity index (χ0) is 22.5. The molecule has 1 saturated heterocycles. The molecule has 0 spiro atoms. The van der Waals surface area contributed by atoms with Gasteiger partial charge in [0.05, 0.1) is 30.7 Å². The minimum Gasteiger partial charge on any atom is -0.493 e. The molecule has 2 N–H and O–H groups in total. The number of aromatic amines is 1. The average Bonchev–Trinajstić information content (AvgIpc) is 2.83. The number of hydrogen-bond donors (Lipinski definition) is 2. The lowest BCUT2D eigenvalue weighted by atomic mass is 9.97. The van der Waals surface area contributed by atoms with Crippen molar-refractivity contribution in [2.45, 2.75) is 26.3 Å². The fourth-order valence-corrected chi connectivity index (χ4v) is 4.05. The van der Waals surface area contributed by atoms with Crippen LogP contribution in [0.5, 0.6) is 11.5 Å². The number of hydrogen-bond acceptors (Lipinski definition) is 6. The monoisotopic (exact) mass is 436 g/mol. The highest BCUT2D eigenvalue weighted by molar-refractivity contribution is 5.80. The maximum atomic E-state index is 12.9. The summed E-state index contributed by atoms with van der Waals surface area (Å²) in [6, 6.07) is 13.1. The van der Waals surface area contributed by atoms with Crippen LogP contribution in [0.1, 0.15) is 25.3 Å². The summed E-state index contributed by atoms with van der Waals surface area (Å²) < 4.78 is 10.9. The van der Waals surface area contributed by atoms with Gasteiger partial charge in [0.15, 0.2) is 17.3 Å². The fraction of sp³-hybridized carbons (Fsp3) is 0.375. The molecule has 0 aliphatic carbocycles. The number of nitrogens with zero attached hydrogens (tertiary/aromatic N) is 2. The maximum absolute atomic E-state index is 12.9. The Morgan fingerprint density at radius 2 is 2.09 bits per heavy atom. The molecule has 0 bridgehead atoms. The highest BCUT2D eigenvalue weighted by Crippen LogP contribution is 2.28. The molecule has 1 aliphatic heterocycles. The maximum Gasteiger partial charge on any atom is 0.291 e. The van der Waals surface area contributed by atoms with E-state index in [9.17, 15) is 9.59 Å². The van der Waals surface area contributed by atoms with Crippen molar-refractivity contribution >= 4 is 22.8 Å². The lowest BCUT2D eigenvalue weighted by Gasteiger charge is -2.32. The smallest absolute Gasteiger partial charge is 0.291 e. The van der Waals surface area contributed by atoms with Crippen molar-refractivity contribution in [3.05, 3.63) is 58.4 Å². The predicted octanol–water partition coefficient (Wildman–Crippen LogP) is 2.86. The molecular weight excluding hydrogens is 408 g/mol. The minimum absolute atomic E-state index is 0.0280. The van der Waals surface area contributed by atoms with Gasteiger partial charge in [0.2, 0.25) is 5.91 Å². The Morgan fingerprint density at radius 1 is 1.25 bits per heavy atom. The van der Waals surface area contributed by atoms with Gasteiger partial charge in [-0.15, -0.1) is 0 Å². The Kier molecular flexibility index (Phi) is 6.58. The molecule has 3 aromatic rings. The number of nitrogens with one attached hydrogen (secondary N) is 2. The van der Waals surface area contributed by atoms with E-state index in [1.807, 2.05) is 54.3 Å². The number of fused-ring (bicyclic) bond motifs is 1. The number of carbonyl (C=O) groups excluding carboxylic acids is 1. The summed E-state index contributed by atoms with van der Waals surface area (Å²) >= 11 is 0. The van der Waals surface area contributed by atoms with Crippen molar-refractivity contribution < 1.29 is 14.3 Å². The Morgan fingerprint density at radius 3 is 2.91 bits per heavy atom. The molecule has 1 aromatic heterocycles. The normalized spacial score (nSPS) is 16.1. The van der Waals surface area contributed by atoms with E-state index in [4.69, 9.17) is 9.47 Å². The van der Waals surface area contributed by atoms with Gasteiger partial charge in [0.1, 0.15) is 0 Å². The van der Waals surface area contributed by atoms with Crippen LogP contribution in [-0.2, 0) is 11.3 Å². The zero-order valence-corrected chi connectivity index (χ0v) is 18.4. The van der Waals surface area contributed by atoms with Gasteiger partial charge in [0, 0.05) is 19.6 Å². The summed E-state index contributed by atoms with van der Waals surface area (Å²) in [5.74, 6) is 1.46. The van der Waals surface area contributed by atoms with E-state index in [0.29, 0.717) is 49.1 Å². The Bertz CT molecular complexity index is 1160. The van der Waals surface area contributed by atoms with E-state index < -0.39 is 0 Å². The largest absolute Gasteiger partial charge is 0.493 e. The van der Waals surface area contributed by atoms with Crippen LogP contribution in [0.3, 0.4) is 0 Å². The van der Waals surface area contributed by atoms with Crippen LogP contribution in [-0.4, -0.2) is 42.7 Å². The van der Waals surface area contributed by atoms with Crippen LogP contribution >= 0.6 is 0 Å². The zero-order valence-electron chi connectivity index (χ0n) is 18.4. The summed E-state index contributed by atoms with van der Waals surface area (Å²) in [5.41, 5.74) is 2.14. The average molecular weight is 437 g/mol. The number of amides is 1. The van der Waals surface area contributed by atoms with Gasteiger partial charge >= 0.3 is 0 Å². The summed E-state index contributed by atoms with van der Waals surface area (Å²) in [6.45, 7) is 4.04. The molecule has 0 radical (unpaired) electrons. The highest BCUT2D eigenvalue weighted by Gasteiger charge is 2.28. The van der Waals surface area contributed by atoms with Crippen LogP contribution in [0.15, 0.2) is 47.3 Å². The van der Waals surface area contributed by atoms with E-state index in [2.05, 4.69) is 15.3 Å². The molecule has 8 heteroatoms. The van der Waals surface area contributed by atoms with Gasteiger partial charge < -0.3 is 24.7 Å². The quantitative estimate of drug-likeness (QED) is 0.591. The fourth-order valence-electron chi connectivity index (χ4n) is 4.05. The van der Waals surface area contributed by atoms with E-state index in [1.54, 1.807) is 7.11 Å². The number of methoxy groups -OCH3 is 1. The molecule has 2 heterocycles. The standard InChI is InChI=1S/C24H28N4O4/c1-3-32-20-11-10-16(13-21(20)31-2)14-25-23(29)17-7-6-12-28(15-17)22-24(30)27-19-9-5-4-8-18(19)26-22/h4-5,8-11,13,17H,3,6-7,12,14-15H2,1-2H3,(H,25,29)(H,27,30)/t17-/m0/s1. The second-order valence-corrected chi connectivity index (χ2v) is 7.83. The molecule has 1 atom stereocenters. The number of piperidine rings is 1.